The molecule has 1 aliphatic heterocycles. The van der Waals surface area contributed by atoms with E-state index in [9.17, 15) is 5.11 Å². The lowest BCUT2D eigenvalue weighted by molar-refractivity contribution is 0.112. The van der Waals surface area contributed by atoms with Crippen LogP contribution in [0.15, 0.2) is 54.6 Å². The van der Waals surface area contributed by atoms with Crippen molar-refractivity contribution >= 4 is 0 Å². The molecule has 0 aromatic heterocycles. The molecule has 0 amide bonds. The van der Waals surface area contributed by atoms with Crippen molar-refractivity contribution in [3.8, 4) is 0 Å². The van der Waals surface area contributed by atoms with Crippen molar-refractivity contribution in [2.75, 3.05) is 13.7 Å². The molecule has 2 aromatic rings. The monoisotopic (exact) mass is 253 g/mol. The van der Waals surface area contributed by atoms with Crippen LogP contribution in [0.3, 0.4) is 0 Å². The third-order valence-corrected chi connectivity index (χ3v) is 4.11. The predicted molar refractivity (Wildman–Crippen MR) is 77.1 cm³/mol. The molecule has 1 heterocycles. The van der Waals surface area contributed by atoms with Gasteiger partial charge in [-0.2, -0.15) is 0 Å². The first-order valence-corrected chi connectivity index (χ1v) is 6.77. The molecule has 0 fully saturated rings. The van der Waals surface area contributed by atoms with Gasteiger partial charge >= 0.3 is 0 Å². The van der Waals surface area contributed by atoms with Crippen LogP contribution in [0.4, 0.5) is 0 Å². The minimum absolute atomic E-state index is 0.195. The number of aliphatic hydroxyl groups is 1. The number of aliphatic hydroxyl groups excluding tert-OH is 1. The average molecular weight is 253 g/mol. The minimum Gasteiger partial charge on any atom is -0.395 e. The summed E-state index contributed by atoms with van der Waals surface area (Å²) in [7, 11) is 2.11. The van der Waals surface area contributed by atoms with E-state index in [1.165, 1.54) is 16.7 Å². The Kier molecular flexibility index (Phi) is 3.36. The van der Waals surface area contributed by atoms with E-state index < -0.39 is 0 Å². The largest absolute Gasteiger partial charge is 0.395 e. The SMILES string of the molecule is CN1[C@H](CO)Cc2ccccc2[C@H]1c1ccccc1. The molecular formula is C17H19NO. The summed E-state index contributed by atoms with van der Waals surface area (Å²) in [5.41, 5.74) is 4.00. The molecule has 0 saturated carbocycles. The summed E-state index contributed by atoms with van der Waals surface area (Å²) in [5.74, 6) is 0. The first-order chi connectivity index (χ1) is 9.31. The lowest BCUT2D eigenvalue weighted by Gasteiger charge is -2.40. The Labute approximate surface area is 114 Å². The van der Waals surface area contributed by atoms with Gasteiger partial charge in [-0.3, -0.25) is 4.90 Å². The molecule has 2 atom stereocenters. The molecule has 3 rings (SSSR count). The first-order valence-electron chi connectivity index (χ1n) is 6.77. The van der Waals surface area contributed by atoms with E-state index in [0.717, 1.165) is 6.42 Å². The maximum atomic E-state index is 9.61. The van der Waals surface area contributed by atoms with Gasteiger partial charge in [-0.1, -0.05) is 54.6 Å². The maximum absolute atomic E-state index is 9.61. The van der Waals surface area contributed by atoms with Crippen LogP contribution in [0.5, 0.6) is 0 Å². The number of benzene rings is 2. The van der Waals surface area contributed by atoms with Gasteiger partial charge in [0.05, 0.1) is 12.6 Å². The number of fused-ring (bicyclic) bond motifs is 1. The van der Waals surface area contributed by atoms with Crippen LogP contribution < -0.4 is 0 Å². The van der Waals surface area contributed by atoms with Gasteiger partial charge in [0.15, 0.2) is 0 Å². The van der Waals surface area contributed by atoms with Crippen molar-refractivity contribution in [2.24, 2.45) is 0 Å². The summed E-state index contributed by atoms with van der Waals surface area (Å²) in [6.45, 7) is 0.203. The van der Waals surface area contributed by atoms with Crippen LogP contribution in [-0.4, -0.2) is 29.7 Å². The number of hydrogen-bond acceptors (Lipinski definition) is 2. The molecule has 0 saturated heterocycles. The predicted octanol–water partition coefficient (Wildman–Crippen LogP) is 2.62. The zero-order valence-electron chi connectivity index (χ0n) is 11.2. The lowest BCUT2D eigenvalue weighted by atomic mass is 9.85. The Morgan fingerprint density at radius 3 is 2.47 bits per heavy atom. The molecule has 1 N–H and O–H groups in total. The highest BCUT2D eigenvalue weighted by molar-refractivity contribution is 5.40. The van der Waals surface area contributed by atoms with Gasteiger partial charge in [0.25, 0.3) is 0 Å². The third kappa shape index (κ3) is 2.18. The van der Waals surface area contributed by atoms with Crippen LogP contribution in [0, 0.1) is 0 Å². The Morgan fingerprint density at radius 1 is 1.05 bits per heavy atom. The van der Waals surface area contributed by atoms with Crippen LogP contribution >= 0.6 is 0 Å². The summed E-state index contributed by atoms with van der Waals surface area (Å²) in [6.07, 6.45) is 0.923. The molecule has 1 aliphatic rings. The van der Waals surface area contributed by atoms with E-state index in [0.29, 0.717) is 0 Å². The van der Waals surface area contributed by atoms with Crippen LogP contribution in [-0.2, 0) is 6.42 Å². The second-order valence-electron chi connectivity index (χ2n) is 5.22. The summed E-state index contributed by atoms with van der Waals surface area (Å²) in [4.78, 5) is 2.29. The van der Waals surface area contributed by atoms with Crippen molar-refractivity contribution in [1.29, 1.82) is 0 Å². The van der Waals surface area contributed by atoms with E-state index in [-0.39, 0.29) is 18.7 Å². The first kappa shape index (κ1) is 12.4. The van der Waals surface area contributed by atoms with Crippen molar-refractivity contribution in [3.05, 3.63) is 71.3 Å². The molecular weight excluding hydrogens is 234 g/mol. The highest BCUT2D eigenvalue weighted by atomic mass is 16.3. The van der Waals surface area contributed by atoms with Gasteiger partial charge in [0.1, 0.15) is 0 Å². The normalized spacial score (nSPS) is 23.1. The Hall–Kier alpha value is -1.64. The third-order valence-electron chi connectivity index (χ3n) is 4.11. The van der Waals surface area contributed by atoms with Gasteiger partial charge in [-0.15, -0.1) is 0 Å². The molecule has 2 heteroatoms. The van der Waals surface area contributed by atoms with Gasteiger partial charge in [0.2, 0.25) is 0 Å². The lowest BCUT2D eigenvalue weighted by Crippen LogP contribution is -2.43. The smallest absolute Gasteiger partial charge is 0.0605 e. The standard InChI is InChI=1S/C17H19NO/c1-18-15(12-19)11-14-9-5-6-10-16(14)17(18)13-7-3-2-4-8-13/h2-10,15,17,19H,11-12H2,1H3/t15-,17+/m0/s1. The quantitative estimate of drug-likeness (QED) is 0.889. The Bertz CT molecular complexity index is 552. The van der Waals surface area contributed by atoms with Gasteiger partial charge in [0, 0.05) is 6.04 Å². The number of hydrogen-bond donors (Lipinski definition) is 1. The molecule has 98 valence electrons. The summed E-state index contributed by atoms with van der Waals surface area (Å²) < 4.78 is 0. The molecule has 19 heavy (non-hydrogen) atoms. The fourth-order valence-corrected chi connectivity index (χ4v) is 3.06. The fraction of sp³-hybridized carbons (Fsp3) is 0.294. The highest BCUT2D eigenvalue weighted by Gasteiger charge is 2.31. The topological polar surface area (TPSA) is 23.5 Å². The Morgan fingerprint density at radius 2 is 1.74 bits per heavy atom. The van der Waals surface area contributed by atoms with Crippen molar-refractivity contribution in [1.82, 2.24) is 4.90 Å². The number of likely N-dealkylation sites (N-methyl/N-ethyl adjacent to an activating group) is 1. The molecule has 0 aliphatic carbocycles. The second kappa shape index (κ2) is 5.16. The van der Waals surface area contributed by atoms with E-state index in [4.69, 9.17) is 0 Å². The van der Waals surface area contributed by atoms with Crippen molar-refractivity contribution in [2.45, 2.75) is 18.5 Å². The second-order valence-corrected chi connectivity index (χ2v) is 5.22. The van der Waals surface area contributed by atoms with E-state index in [2.05, 4.69) is 60.5 Å². The highest BCUT2D eigenvalue weighted by Crippen LogP contribution is 2.36. The van der Waals surface area contributed by atoms with Crippen molar-refractivity contribution in [3.63, 3.8) is 0 Å². The zero-order valence-corrected chi connectivity index (χ0v) is 11.2. The Balaban J connectivity index is 2.10. The summed E-state index contributed by atoms with van der Waals surface area (Å²) in [6, 6.07) is 19.5. The molecule has 0 spiro atoms. The average Bonchev–Trinajstić information content (AvgIpc) is 2.47. The van der Waals surface area contributed by atoms with Crippen LogP contribution in [0.25, 0.3) is 0 Å². The molecule has 0 bridgehead atoms. The maximum Gasteiger partial charge on any atom is 0.0605 e. The molecule has 0 radical (unpaired) electrons. The number of nitrogens with zero attached hydrogens (tertiary/aromatic N) is 1. The molecule has 2 aromatic carbocycles. The molecule has 0 unspecified atom stereocenters. The van der Waals surface area contributed by atoms with Crippen LogP contribution in [0.2, 0.25) is 0 Å². The zero-order chi connectivity index (χ0) is 13.2. The minimum atomic E-state index is 0.195. The van der Waals surface area contributed by atoms with E-state index >= 15 is 0 Å². The van der Waals surface area contributed by atoms with E-state index in [1.807, 2.05) is 6.07 Å². The summed E-state index contributed by atoms with van der Waals surface area (Å²) in [5, 5.41) is 9.61. The van der Waals surface area contributed by atoms with Gasteiger partial charge in [-0.05, 0) is 30.2 Å². The van der Waals surface area contributed by atoms with Crippen molar-refractivity contribution < 1.29 is 5.11 Å². The van der Waals surface area contributed by atoms with Gasteiger partial charge < -0.3 is 5.11 Å². The van der Waals surface area contributed by atoms with E-state index in [1.54, 1.807) is 0 Å². The molecule has 2 nitrogen and oxygen atoms in total. The fourth-order valence-electron chi connectivity index (χ4n) is 3.06. The van der Waals surface area contributed by atoms with Crippen LogP contribution in [0.1, 0.15) is 22.7 Å². The summed E-state index contributed by atoms with van der Waals surface area (Å²) >= 11 is 0. The van der Waals surface area contributed by atoms with Gasteiger partial charge in [-0.25, -0.2) is 0 Å². The number of rotatable bonds is 2.